The maximum atomic E-state index is 11.6. The lowest BCUT2D eigenvalue weighted by Gasteiger charge is -2.54. The fraction of sp³-hybridized carbons (Fsp3) is 0.760. The van der Waals surface area contributed by atoms with Gasteiger partial charge in [0.25, 0.3) is 0 Å². The standard InChI is InChI=1S/C25H38O6/c1-13(2)15-11-14-7-8-17-24(3,4)9-6-10-25(17,5)18(14)20(28)22(15)31-23-21(29)19(27)16(26)12-30-23/h11,13,16-17,19,21,23,26-29H,6-10,12H2,1-5H3/t16?,17-,19?,21?,23?,25-/m0/s1. The van der Waals surface area contributed by atoms with E-state index in [-0.39, 0.29) is 29.1 Å². The molecule has 6 nitrogen and oxygen atoms in total. The van der Waals surface area contributed by atoms with Gasteiger partial charge in [-0.1, -0.05) is 47.1 Å². The lowest BCUT2D eigenvalue weighted by atomic mass is 9.50. The van der Waals surface area contributed by atoms with Gasteiger partial charge in [0.1, 0.15) is 18.3 Å². The molecular formula is C25H38O6. The van der Waals surface area contributed by atoms with Crippen molar-refractivity contribution >= 4 is 0 Å². The molecule has 1 aromatic carbocycles. The van der Waals surface area contributed by atoms with E-state index < -0.39 is 24.6 Å². The van der Waals surface area contributed by atoms with Crippen LogP contribution in [0.2, 0.25) is 0 Å². The van der Waals surface area contributed by atoms with Gasteiger partial charge in [0.15, 0.2) is 11.5 Å². The van der Waals surface area contributed by atoms with E-state index in [2.05, 4.69) is 26.8 Å². The normalized spacial score (nSPS) is 37.3. The first-order chi connectivity index (χ1) is 14.5. The van der Waals surface area contributed by atoms with Crippen molar-refractivity contribution in [2.24, 2.45) is 11.3 Å². The van der Waals surface area contributed by atoms with Crippen LogP contribution in [0.3, 0.4) is 0 Å². The second-order valence-corrected chi connectivity index (χ2v) is 11.1. The Kier molecular flexibility index (Phi) is 5.83. The number of phenolic OH excluding ortho intramolecular Hbond substituents is 1. The zero-order valence-electron chi connectivity index (χ0n) is 19.4. The first-order valence-electron chi connectivity index (χ1n) is 11.7. The van der Waals surface area contributed by atoms with Crippen LogP contribution in [0.15, 0.2) is 6.07 Å². The summed E-state index contributed by atoms with van der Waals surface area (Å²) in [5.41, 5.74) is 3.09. The second-order valence-electron chi connectivity index (χ2n) is 11.1. The molecule has 2 aliphatic carbocycles. The third-order valence-corrected chi connectivity index (χ3v) is 8.18. The van der Waals surface area contributed by atoms with Crippen molar-refractivity contribution in [1.29, 1.82) is 0 Å². The molecule has 1 saturated heterocycles. The zero-order chi connectivity index (χ0) is 22.7. The van der Waals surface area contributed by atoms with Gasteiger partial charge >= 0.3 is 0 Å². The molecule has 4 N–H and O–H groups in total. The van der Waals surface area contributed by atoms with Gasteiger partial charge in [0.05, 0.1) is 6.61 Å². The first-order valence-corrected chi connectivity index (χ1v) is 11.7. The predicted molar refractivity (Wildman–Crippen MR) is 117 cm³/mol. The Labute approximate surface area is 185 Å². The van der Waals surface area contributed by atoms with Crippen LogP contribution in [0.25, 0.3) is 0 Å². The van der Waals surface area contributed by atoms with E-state index >= 15 is 0 Å². The maximum absolute atomic E-state index is 11.6. The minimum atomic E-state index is -1.41. The number of aliphatic hydroxyl groups is 3. The Bertz CT molecular complexity index is 834. The minimum absolute atomic E-state index is 0.0933. The average Bonchev–Trinajstić information content (AvgIpc) is 2.68. The van der Waals surface area contributed by atoms with E-state index in [9.17, 15) is 20.4 Å². The fourth-order valence-electron chi connectivity index (χ4n) is 6.54. The SMILES string of the molecule is CC(C)c1cc2c(c(O)c1OC1OCC(O)C(O)C1O)[C@@]1(C)CCCC(C)(C)[C@@H]1CC2. The van der Waals surface area contributed by atoms with Crippen LogP contribution in [-0.2, 0) is 16.6 Å². The van der Waals surface area contributed by atoms with Gasteiger partial charge in [-0.05, 0) is 53.9 Å². The number of rotatable bonds is 3. The molecule has 31 heavy (non-hydrogen) atoms. The summed E-state index contributed by atoms with van der Waals surface area (Å²) in [6, 6.07) is 2.15. The quantitative estimate of drug-likeness (QED) is 0.582. The van der Waals surface area contributed by atoms with Crippen molar-refractivity contribution in [3.05, 3.63) is 22.8 Å². The summed E-state index contributed by atoms with van der Waals surface area (Å²) in [4.78, 5) is 0. The summed E-state index contributed by atoms with van der Waals surface area (Å²) in [6.07, 6.45) is 0.292. The van der Waals surface area contributed by atoms with Crippen molar-refractivity contribution in [1.82, 2.24) is 0 Å². The molecular weight excluding hydrogens is 396 g/mol. The molecule has 2 fully saturated rings. The molecule has 0 bridgehead atoms. The van der Waals surface area contributed by atoms with Crippen LogP contribution in [0, 0.1) is 11.3 Å². The molecule has 6 heteroatoms. The topological polar surface area (TPSA) is 99.4 Å². The van der Waals surface area contributed by atoms with E-state index in [1.807, 2.05) is 13.8 Å². The molecule has 1 aliphatic heterocycles. The third kappa shape index (κ3) is 3.65. The molecule has 6 atom stereocenters. The Morgan fingerprint density at radius 2 is 1.81 bits per heavy atom. The summed E-state index contributed by atoms with van der Waals surface area (Å²) >= 11 is 0. The maximum Gasteiger partial charge on any atom is 0.229 e. The van der Waals surface area contributed by atoms with Crippen LogP contribution < -0.4 is 4.74 Å². The van der Waals surface area contributed by atoms with Crippen molar-refractivity contribution in [2.75, 3.05) is 6.61 Å². The third-order valence-electron chi connectivity index (χ3n) is 8.18. The van der Waals surface area contributed by atoms with Crippen LogP contribution in [-0.4, -0.2) is 51.6 Å². The Morgan fingerprint density at radius 3 is 2.48 bits per heavy atom. The highest BCUT2D eigenvalue weighted by Gasteiger charge is 2.51. The van der Waals surface area contributed by atoms with Gasteiger partial charge in [-0.2, -0.15) is 0 Å². The molecule has 174 valence electrons. The van der Waals surface area contributed by atoms with Crippen molar-refractivity contribution in [3.63, 3.8) is 0 Å². The van der Waals surface area contributed by atoms with E-state index in [1.54, 1.807) is 0 Å². The number of aromatic hydroxyl groups is 1. The summed E-state index contributed by atoms with van der Waals surface area (Å²) in [7, 11) is 0. The highest BCUT2D eigenvalue weighted by molar-refractivity contribution is 5.60. The van der Waals surface area contributed by atoms with E-state index in [0.717, 1.165) is 36.8 Å². The van der Waals surface area contributed by atoms with Gasteiger partial charge in [-0.15, -0.1) is 0 Å². The summed E-state index contributed by atoms with van der Waals surface area (Å²) in [6.45, 7) is 10.9. The number of ether oxygens (including phenoxy) is 2. The number of fused-ring (bicyclic) bond motifs is 3. The van der Waals surface area contributed by atoms with Gasteiger partial charge in [0.2, 0.25) is 6.29 Å². The number of phenols is 1. The van der Waals surface area contributed by atoms with E-state index in [4.69, 9.17) is 9.47 Å². The zero-order valence-corrected chi connectivity index (χ0v) is 19.4. The minimum Gasteiger partial charge on any atom is -0.504 e. The molecule has 4 unspecified atom stereocenters. The Balaban J connectivity index is 1.79. The molecule has 1 aromatic rings. The lowest BCUT2D eigenvalue weighted by Crippen LogP contribution is -2.54. The molecule has 0 amide bonds. The monoisotopic (exact) mass is 434 g/mol. The number of aryl methyl sites for hydroxylation is 1. The van der Waals surface area contributed by atoms with Crippen LogP contribution in [0.4, 0.5) is 0 Å². The molecule has 1 saturated carbocycles. The Morgan fingerprint density at radius 1 is 1.10 bits per heavy atom. The number of hydrogen-bond acceptors (Lipinski definition) is 6. The highest BCUT2D eigenvalue weighted by Crippen LogP contribution is 2.60. The molecule has 1 heterocycles. The molecule has 3 aliphatic rings. The summed E-state index contributed by atoms with van der Waals surface area (Å²) < 4.78 is 11.5. The van der Waals surface area contributed by atoms with Crippen molar-refractivity contribution in [3.8, 4) is 11.5 Å². The largest absolute Gasteiger partial charge is 0.504 e. The van der Waals surface area contributed by atoms with Gasteiger partial charge in [-0.25, -0.2) is 0 Å². The molecule has 0 aromatic heterocycles. The van der Waals surface area contributed by atoms with Gasteiger partial charge < -0.3 is 29.9 Å². The van der Waals surface area contributed by atoms with Crippen molar-refractivity contribution in [2.45, 2.75) is 103 Å². The van der Waals surface area contributed by atoms with Crippen LogP contribution in [0.1, 0.15) is 82.9 Å². The fourth-order valence-corrected chi connectivity index (χ4v) is 6.54. The smallest absolute Gasteiger partial charge is 0.229 e. The van der Waals surface area contributed by atoms with Crippen molar-refractivity contribution < 1.29 is 29.9 Å². The number of hydrogen-bond donors (Lipinski definition) is 4. The summed E-state index contributed by atoms with van der Waals surface area (Å²) in [5.74, 6) is 1.03. The molecule has 4 rings (SSSR count). The average molecular weight is 435 g/mol. The lowest BCUT2D eigenvalue weighted by molar-refractivity contribution is -0.242. The van der Waals surface area contributed by atoms with E-state index in [1.165, 1.54) is 12.0 Å². The second kappa shape index (κ2) is 7.91. The van der Waals surface area contributed by atoms with Crippen LogP contribution >= 0.6 is 0 Å². The molecule has 0 spiro atoms. The number of aliphatic hydroxyl groups excluding tert-OH is 3. The highest BCUT2D eigenvalue weighted by atomic mass is 16.7. The number of benzene rings is 1. The van der Waals surface area contributed by atoms with Gasteiger partial charge in [0, 0.05) is 11.1 Å². The first kappa shape index (κ1) is 22.8. The van der Waals surface area contributed by atoms with E-state index in [0.29, 0.717) is 11.7 Å². The van der Waals surface area contributed by atoms with Gasteiger partial charge in [-0.3, -0.25) is 0 Å². The van der Waals surface area contributed by atoms with Crippen LogP contribution in [0.5, 0.6) is 11.5 Å². The predicted octanol–water partition coefficient (Wildman–Crippen LogP) is 3.36. The Hall–Kier alpha value is -1.34. The molecule has 0 radical (unpaired) electrons. The summed E-state index contributed by atoms with van der Waals surface area (Å²) in [5, 5.41) is 41.8.